The Morgan fingerprint density at radius 1 is 0.543 bits per heavy atom. The molecular formula is C32H20NOP. The number of hydrogen-bond donors (Lipinski definition) is 1. The zero-order valence-electron chi connectivity index (χ0n) is 18.8. The highest BCUT2D eigenvalue weighted by Crippen LogP contribution is 2.55. The minimum Gasteiger partial charge on any atom is -0.454 e. The Morgan fingerprint density at radius 3 is 2.09 bits per heavy atom. The van der Waals surface area contributed by atoms with Crippen LogP contribution >= 0.6 is 8.07 Å². The van der Waals surface area contributed by atoms with Crippen molar-refractivity contribution in [3.8, 4) is 11.1 Å². The first kappa shape index (κ1) is 19.2. The van der Waals surface area contributed by atoms with E-state index >= 15 is 0 Å². The second-order valence-corrected chi connectivity index (χ2v) is 11.0. The zero-order chi connectivity index (χ0) is 22.9. The lowest BCUT2D eigenvalue weighted by Gasteiger charge is -2.32. The first-order chi connectivity index (χ1) is 17.4. The number of benzene rings is 6. The molecule has 8 rings (SSSR count). The summed E-state index contributed by atoms with van der Waals surface area (Å²) in [6, 6.07) is 41.3. The van der Waals surface area contributed by atoms with E-state index in [1.165, 1.54) is 48.7 Å². The molecule has 0 aliphatic carbocycles. The van der Waals surface area contributed by atoms with Crippen LogP contribution in [0.2, 0.25) is 0 Å². The highest BCUT2D eigenvalue weighted by Gasteiger charge is 2.32. The van der Waals surface area contributed by atoms with Gasteiger partial charge in [0, 0.05) is 32.5 Å². The van der Waals surface area contributed by atoms with E-state index in [1.54, 1.807) is 0 Å². The number of rotatable bonds is 1. The van der Waals surface area contributed by atoms with Crippen molar-refractivity contribution in [3.63, 3.8) is 0 Å². The van der Waals surface area contributed by atoms with Crippen LogP contribution in [0.4, 0.5) is 5.69 Å². The molecule has 7 aromatic rings. The predicted molar refractivity (Wildman–Crippen MR) is 150 cm³/mol. The molecule has 0 fully saturated rings. The minimum absolute atomic E-state index is 0.810. The third-order valence-electron chi connectivity index (χ3n) is 7.17. The summed E-state index contributed by atoms with van der Waals surface area (Å²) >= 11 is 0. The molecule has 1 atom stereocenters. The van der Waals surface area contributed by atoms with Crippen LogP contribution in [0.5, 0.6) is 0 Å². The van der Waals surface area contributed by atoms with Gasteiger partial charge in [-0.2, -0.15) is 0 Å². The molecule has 164 valence electrons. The Bertz CT molecular complexity index is 1940. The van der Waals surface area contributed by atoms with Gasteiger partial charge in [-0.25, -0.2) is 0 Å². The number of anilines is 1. The number of para-hydroxylation sites is 1. The van der Waals surface area contributed by atoms with Gasteiger partial charge in [-0.05, 0) is 27.6 Å². The van der Waals surface area contributed by atoms with Gasteiger partial charge >= 0.3 is 0 Å². The lowest BCUT2D eigenvalue weighted by molar-refractivity contribution is 0.670. The molecule has 1 aromatic heterocycles. The van der Waals surface area contributed by atoms with Crippen molar-refractivity contribution >= 4 is 67.9 Å². The smallest absolute Gasteiger partial charge is 0.160 e. The summed E-state index contributed by atoms with van der Waals surface area (Å²) in [5.41, 5.74) is 5.55. The largest absolute Gasteiger partial charge is 0.454 e. The number of furan rings is 1. The van der Waals surface area contributed by atoms with Crippen LogP contribution in [0, 0.1) is 0 Å². The average molecular weight is 465 g/mol. The van der Waals surface area contributed by atoms with E-state index in [2.05, 4.69) is 114 Å². The lowest BCUT2D eigenvalue weighted by Crippen LogP contribution is -2.23. The molecule has 35 heavy (non-hydrogen) atoms. The Balaban J connectivity index is 1.61. The molecule has 1 aliphatic heterocycles. The van der Waals surface area contributed by atoms with Gasteiger partial charge in [0.2, 0.25) is 0 Å². The van der Waals surface area contributed by atoms with Crippen molar-refractivity contribution in [2.45, 2.75) is 0 Å². The predicted octanol–water partition coefficient (Wildman–Crippen LogP) is 8.33. The van der Waals surface area contributed by atoms with Gasteiger partial charge in [-0.15, -0.1) is 0 Å². The van der Waals surface area contributed by atoms with Crippen LogP contribution in [-0.2, 0) is 0 Å². The topological polar surface area (TPSA) is 25.2 Å². The maximum absolute atomic E-state index is 6.62. The lowest BCUT2D eigenvalue weighted by atomic mass is 9.90. The van der Waals surface area contributed by atoms with E-state index in [4.69, 9.17) is 4.42 Å². The van der Waals surface area contributed by atoms with Crippen molar-refractivity contribution in [1.29, 1.82) is 0 Å². The normalized spacial score (nSPS) is 14.8. The van der Waals surface area contributed by atoms with Crippen molar-refractivity contribution in [2.24, 2.45) is 0 Å². The first-order valence-corrected chi connectivity index (χ1v) is 13.2. The van der Waals surface area contributed by atoms with Gasteiger partial charge in [-0.1, -0.05) is 109 Å². The molecule has 1 aliphatic rings. The van der Waals surface area contributed by atoms with E-state index < -0.39 is 8.07 Å². The van der Waals surface area contributed by atoms with E-state index in [9.17, 15) is 0 Å². The third kappa shape index (κ3) is 2.63. The van der Waals surface area contributed by atoms with E-state index in [1.807, 2.05) is 6.07 Å². The molecule has 2 nitrogen and oxygen atoms in total. The Morgan fingerprint density at radius 2 is 1.23 bits per heavy atom. The highest BCUT2D eigenvalue weighted by atomic mass is 31.1. The van der Waals surface area contributed by atoms with Gasteiger partial charge in [-0.3, -0.25) is 0 Å². The molecule has 1 unspecified atom stereocenters. The minimum atomic E-state index is -0.810. The fourth-order valence-electron chi connectivity index (χ4n) is 5.68. The molecule has 0 spiro atoms. The molecule has 0 saturated heterocycles. The molecule has 1 N–H and O–H groups in total. The van der Waals surface area contributed by atoms with E-state index in [0.29, 0.717) is 0 Å². The maximum atomic E-state index is 6.62. The van der Waals surface area contributed by atoms with E-state index in [0.717, 1.165) is 22.2 Å². The summed E-state index contributed by atoms with van der Waals surface area (Å²) in [5, 5.41) is 14.1. The summed E-state index contributed by atoms with van der Waals surface area (Å²) in [4.78, 5) is 0. The number of fused-ring (bicyclic) bond motifs is 12. The number of hydrogen-bond acceptors (Lipinski definition) is 2. The number of nitrogens with one attached hydrogen (secondary N) is 1. The monoisotopic (exact) mass is 465 g/mol. The van der Waals surface area contributed by atoms with Gasteiger partial charge in [0.15, 0.2) is 5.58 Å². The quantitative estimate of drug-likeness (QED) is 0.247. The average Bonchev–Trinajstić information content (AvgIpc) is 3.33. The third-order valence-corrected chi connectivity index (χ3v) is 9.29. The molecule has 0 saturated carbocycles. The van der Waals surface area contributed by atoms with Crippen molar-refractivity contribution in [3.05, 3.63) is 115 Å². The summed E-state index contributed by atoms with van der Waals surface area (Å²) in [6.07, 6.45) is 0. The molecule has 0 bridgehead atoms. The highest BCUT2D eigenvalue weighted by molar-refractivity contribution is 7.74. The molecule has 3 heteroatoms. The van der Waals surface area contributed by atoms with Crippen LogP contribution in [0.25, 0.3) is 54.6 Å². The fraction of sp³-hybridized carbons (Fsp3) is 0. The molecule has 6 aromatic carbocycles. The van der Waals surface area contributed by atoms with Gasteiger partial charge in [0.1, 0.15) is 5.58 Å². The summed E-state index contributed by atoms with van der Waals surface area (Å²) < 4.78 is 6.62. The summed E-state index contributed by atoms with van der Waals surface area (Å²) in [5.74, 6) is 0. The first-order valence-electron chi connectivity index (χ1n) is 11.9. The van der Waals surface area contributed by atoms with Crippen LogP contribution in [0.1, 0.15) is 0 Å². The molecule has 0 amide bonds. The standard InChI is InChI=1S/C32H20NOP/c1-2-11-21(12-3-1)35-27-19-18-20-10-4-5-13-22(20)29(27)30-24-15-7-6-14-23(24)28-25-16-8-9-17-26(25)34-32(28)31(30)33-35/h1-19,33H. The summed E-state index contributed by atoms with van der Waals surface area (Å²) in [7, 11) is -0.810. The second-order valence-electron chi connectivity index (χ2n) is 9.06. The van der Waals surface area contributed by atoms with Crippen molar-refractivity contribution < 1.29 is 4.42 Å². The van der Waals surface area contributed by atoms with Crippen LogP contribution < -0.4 is 15.7 Å². The molecular weight excluding hydrogens is 445 g/mol. The van der Waals surface area contributed by atoms with Gasteiger partial charge in [0.05, 0.1) is 13.8 Å². The fourth-order valence-corrected chi connectivity index (χ4v) is 7.80. The molecule has 0 radical (unpaired) electrons. The van der Waals surface area contributed by atoms with Gasteiger partial charge in [0.25, 0.3) is 0 Å². The Hall–Kier alpha value is -4.13. The summed E-state index contributed by atoms with van der Waals surface area (Å²) in [6.45, 7) is 0. The van der Waals surface area contributed by atoms with Crippen LogP contribution in [-0.4, -0.2) is 0 Å². The maximum Gasteiger partial charge on any atom is 0.160 e. The van der Waals surface area contributed by atoms with E-state index in [-0.39, 0.29) is 0 Å². The zero-order valence-corrected chi connectivity index (χ0v) is 19.7. The van der Waals surface area contributed by atoms with Crippen LogP contribution in [0.3, 0.4) is 0 Å². The Labute approximate surface area is 203 Å². The second kappa shape index (κ2) is 7.18. The molecule has 2 heterocycles. The SMILES string of the molecule is c1ccc(P2Nc3c(c4ccccc4c4c3oc3ccccc34)-c3c2ccc2ccccc32)cc1. The van der Waals surface area contributed by atoms with Crippen molar-refractivity contribution in [1.82, 2.24) is 0 Å². The van der Waals surface area contributed by atoms with Crippen molar-refractivity contribution in [2.75, 3.05) is 5.09 Å². The van der Waals surface area contributed by atoms with Crippen LogP contribution in [0.15, 0.2) is 120 Å². The van der Waals surface area contributed by atoms with Gasteiger partial charge < -0.3 is 9.50 Å². The Kier molecular flexibility index (Phi) is 3.94.